The molecule has 1 aliphatic rings. The van der Waals surface area contributed by atoms with E-state index < -0.39 is 11.5 Å². The van der Waals surface area contributed by atoms with Gasteiger partial charge in [-0.1, -0.05) is 37.5 Å². The summed E-state index contributed by atoms with van der Waals surface area (Å²) in [5, 5.41) is 12.1. The van der Waals surface area contributed by atoms with Gasteiger partial charge in [-0.15, -0.1) is 0 Å². The fraction of sp³-hybridized carbons (Fsp3) is 0.375. The zero-order valence-corrected chi connectivity index (χ0v) is 13.8. The first kappa shape index (κ1) is 16.0. The molecule has 0 radical (unpaired) electrons. The Hall–Kier alpha value is -1.37. The Labute approximate surface area is 137 Å². The highest BCUT2D eigenvalue weighted by molar-refractivity contribution is 14.1. The molecule has 1 amide bonds. The SMILES string of the molecule is O=C(C=Cc1ccccc1I)NC1(C(=O)O)CCCCC1. The third-order valence-electron chi connectivity index (χ3n) is 3.80. The maximum Gasteiger partial charge on any atom is 0.329 e. The van der Waals surface area contributed by atoms with Crippen LogP contribution in [0, 0.1) is 3.57 Å². The number of amides is 1. The molecule has 2 rings (SSSR count). The molecule has 1 saturated carbocycles. The average molecular weight is 399 g/mol. The van der Waals surface area contributed by atoms with Crippen molar-refractivity contribution in [1.29, 1.82) is 0 Å². The molecule has 0 atom stereocenters. The fourth-order valence-electron chi connectivity index (χ4n) is 2.60. The summed E-state index contributed by atoms with van der Waals surface area (Å²) >= 11 is 2.20. The van der Waals surface area contributed by atoms with E-state index in [0.29, 0.717) is 12.8 Å². The van der Waals surface area contributed by atoms with Gasteiger partial charge in [-0.3, -0.25) is 4.79 Å². The minimum atomic E-state index is -1.09. The van der Waals surface area contributed by atoms with Gasteiger partial charge >= 0.3 is 5.97 Å². The van der Waals surface area contributed by atoms with Crippen LogP contribution in [0.25, 0.3) is 6.08 Å². The molecule has 0 heterocycles. The Morgan fingerprint density at radius 3 is 2.48 bits per heavy atom. The third-order valence-corrected chi connectivity index (χ3v) is 4.78. The quantitative estimate of drug-likeness (QED) is 0.604. The summed E-state index contributed by atoms with van der Waals surface area (Å²) < 4.78 is 1.05. The molecular formula is C16H18INO3. The van der Waals surface area contributed by atoms with E-state index in [0.717, 1.165) is 28.4 Å². The van der Waals surface area contributed by atoms with Gasteiger partial charge in [-0.25, -0.2) is 4.79 Å². The van der Waals surface area contributed by atoms with Crippen LogP contribution in [-0.4, -0.2) is 22.5 Å². The number of carboxylic acids is 1. The molecule has 2 N–H and O–H groups in total. The van der Waals surface area contributed by atoms with Crippen molar-refractivity contribution in [2.75, 3.05) is 0 Å². The van der Waals surface area contributed by atoms with Crippen molar-refractivity contribution < 1.29 is 14.7 Å². The summed E-state index contributed by atoms with van der Waals surface area (Å²) in [6.45, 7) is 0. The van der Waals surface area contributed by atoms with Gasteiger partial charge in [-0.05, 0) is 53.1 Å². The first-order valence-electron chi connectivity index (χ1n) is 7.02. The van der Waals surface area contributed by atoms with Gasteiger partial charge in [0.25, 0.3) is 0 Å². The summed E-state index contributed by atoms with van der Waals surface area (Å²) in [5.74, 6) is -1.28. The normalized spacial score (nSPS) is 17.6. The highest BCUT2D eigenvalue weighted by Crippen LogP contribution is 2.28. The smallest absolute Gasteiger partial charge is 0.329 e. The summed E-state index contributed by atoms with van der Waals surface area (Å²) in [5.41, 5.74) is -0.148. The number of hydrogen-bond donors (Lipinski definition) is 2. The van der Waals surface area contributed by atoms with Crippen molar-refractivity contribution in [1.82, 2.24) is 5.32 Å². The van der Waals surface area contributed by atoms with Gasteiger partial charge in [0.05, 0.1) is 0 Å². The molecule has 1 aliphatic carbocycles. The molecule has 0 bridgehead atoms. The van der Waals surface area contributed by atoms with E-state index in [1.807, 2.05) is 24.3 Å². The molecule has 4 nitrogen and oxygen atoms in total. The van der Waals surface area contributed by atoms with Crippen LogP contribution in [0.3, 0.4) is 0 Å². The molecule has 0 unspecified atom stereocenters. The van der Waals surface area contributed by atoms with Gasteiger partial charge in [-0.2, -0.15) is 0 Å². The van der Waals surface area contributed by atoms with Crippen molar-refractivity contribution in [3.63, 3.8) is 0 Å². The average Bonchev–Trinajstić information content (AvgIpc) is 2.47. The molecule has 112 valence electrons. The van der Waals surface area contributed by atoms with E-state index in [-0.39, 0.29) is 5.91 Å². The van der Waals surface area contributed by atoms with Gasteiger partial charge < -0.3 is 10.4 Å². The standard InChI is InChI=1S/C16H18INO3/c17-13-7-3-2-6-12(13)8-9-14(19)18-16(15(20)21)10-4-1-5-11-16/h2-3,6-9H,1,4-5,10-11H2,(H,18,19)(H,20,21). The lowest BCUT2D eigenvalue weighted by molar-refractivity contribution is -0.148. The highest BCUT2D eigenvalue weighted by atomic mass is 127. The van der Waals surface area contributed by atoms with Gasteiger partial charge in [0.2, 0.25) is 5.91 Å². The molecule has 21 heavy (non-hydrogen) atoms. The molecule has 0 aromatic heterocycles. The van der Waals surface area contributed by atoms with Crippen LogP contribution in [0.2, 0.25) is 0 Å². The molecular weight excluding hydrogens is 381 g/mol. The number of nitrogens with one attached hydrogen (secondary N) is 1. The van der Waals surface area contributed by atoms with E-state index in [4.69, 9.17) is 0 Å². The second-order valence-electron chi connectivity index (χ2n) is 5.29. The lowest BCUT2D eigenvalue weighted by Gasteiger charge is -2.33. The predicted molar refractivity (Wildman–Crippen MR) is 89.8 cm³/mol. The number of carboxylic acid groups (broad SMARTS) is 1. The van der Waals surface area contributed by atoms with Crippen molar-refractivity contribution in [2.45, 2.75) is 37.6 Å². The second kappa shape index (κ2) is 7.06. The number of rotatable bonds is 4. The first-order valence-corrected chi connectivity index (χ1v) is 8.09. The van der Waals surface area contributed by atoms with Crippen LogP contribution in [0.15, 0.2) is 30.3 Å². The minimum absolute atomic E-state index is 0.348. The Balaban J connectivity index is 2.06. The topological polar surface area (TPSA) is 66.4 Å². The Morgan fingerprint density at radius 2 is 1.86 bits per heavy atom. The highest BCUT2D eigenvalue weighted by Gasteiger charge is 2.40. The molecule has 0 spiro atoms. The van der Waals surface area contributed by atoms with Crippen molar-refractivity contribution in [3.8, 4) is 0 Å². The lowest BCUT2D eigenvalue weighted by atomic mass is 9.81. The van der Waals surface area contributed by atoms with Crippen molar-refractivity contribution in [3.05, 3.63) is 39.5 Å². The van der Waals surface area contributed by atoms with Crippen LogP contribution in [0.5, 0.6) is 0 Å². The van der Waals surface area contributed by atoms with Crippen LogP contribution in [-0.2, 0) is 9.59 Å². The number of aliphatic carboxylic acids is 1. The molecule has 0 saturated heterocycles. The Kier molecular flexibility index (Phi) is 5.39. The predicted octanol–water partition coefficient (Wildman–Crippen LogP) is 3.21. The van der Waals surface area contributed by atoms with E-state index in [1.165, 1.54) is 6.08 Å². The molecule has 1 fully saturated rings. The summed E-state index contributed by atoms with van der Waals surface area (Å²) in [6, 6.07) is 7.71. The van der Waals surface area contributed by atoms with Crippen molar-refractivity contribution in [2.24, 2.45) is 0 Å². The number of benzene rings is 1. The van der Waals surface area contributed by atoms with Crippen molar-refractivity contribution >= 4 is 40.5 Å². The largest absolute Gasteiger partial charge is 0.480 e. The number of halogens is 1. The summed E-state index contributed by atoms with van der Waals surface area (Å²) in [4.78, 5) is 23.5. The van der Waals surface area contributed by atoms with Crippen LogP contribution in [0.1, 0.15) is 37.7 Å². The Bertz CT molecular complexity index is 562. The zero-order valence-electron chi connectivity index (χ0n) is 11.6. The van der Waals surface area contributed by atoms with Gasteiger partial charge in [0, 0.05) is 9.65 Å². The van der Waals surface area contributed by atoms with E-state index in [9.17, 15) is 14.7 Å². The summed E-state index contributed by atoms with van der Waals surface area (Å²) in [6.07, 6.45) is 6.85. The number of carbonyl (C=O) groups excluding carboxylic acids is 1. The minimum Gasteiger partial charge on any atom is -0.480 e. The van der Waals surface area contributed by atoms with Crippen LogP contribution in [0.4, 0.5) is 0 Å². The maximum atomic E-state index is 12.0. The Morgan fingerprint density at radius 1 is 1.19 bits per heavy atom. The molecule has 0 aliphatic heterocycles. The number of hydrogen-bond acceptors (Lipinski definition) is 2. The lowest BCUT2D eigenvalue weighted by Crippen LogP contribution is -2.55. The van der Waals surface area contributed by atoms with E-state index in [2.05, 4.69) is 27.9 Å². The first-order chi connectivity index (χ1) is 10.0. The van der Waals surface area contributed by atoms with E-state index >= 15 is 0 Å². The second-order valence-corrected chi connectivity index (χ2v) is 6.45. The third kappa shape index (κ3) is 4.06. The fourth-order valence-corrected chi connectivity index (χ4v) is 3.17. The van der Waals surface area contributed by atoms with Crippen LogP contribution >= 0.6 is 22.6 Å². The van der Waals surface area contributed by atoms with Gasteiger partial charge in [0.15, 0.2) is 0 Å². The maximum absolute atomic E-state index is 12.0. The zero-order chi connectivity index (χ0) is 15.3. The van der Waals surface area contributed by atoms with E-state index in [1.54, 1.807) is 6.08 Å². The number of carbonyl (C=O) groups is 2. The molecule has 1 aromatic rings. The monoisotopic (exact) mass is 399 g/mol. The van der Waals surface area contributed by atoms with Gasteiger partial charge in [0.1, 0.15) is 5.54 Å². The summed E-state index contributed by atoms with van der Waals surface area (Å²) in [7, 11) is 0. The van der Waals surface area contributed by atoms with Crippen LogP contribution < -0.4 is 5.32 Å². The molecule has 1 aromatic carbocycles. The molecule has 5 heteroatoms.